The Labute approximate surface area is 180 Å². The molecule has 3 aromatic carbocycles. The molecule has 0 heterocycles. The molecule has 0 spiro atoms. The first-order valence-corrected chi connectivity index (χ1v) is 9.52. The van der Waals surface area contributed by atoms with E-state index in [4.69, 9.17) is 15.2 Å². The van der Waals surface area contributed by atoms with Crippen molar-refractivity contribution in [1.29, 1.82) is 0 Å². The maximum Gasteiger partial charge on any atom is 0.293 e. The van der Waals surface area contributed by atoms with Gasteiger partial charge in [-0.3, -0.25) is 14.9 Å². The molecule has 0 aromatic heterocycles. The van der Waals surface area contributed by atoms with E-state index in [0.717, 1.165) is 11.1 Å². The number of carbonyl (C=O) groups excluding carboxylic acids is 1. The maximum absolute atomic E-state index is 11.5. The van der Waals surface area contributed by atoms with E-state index in [1.54, 1.807) is 19.1 Å². The molecule has 2 N–H and O–H groups in total. The highest BCUT2D eigenvalue weighted by Gasteiger charge is 2.20. The molecule has 0 aliphatic heterocycles. The summed E-state index contributed by atoms with van der Waals surface area (Å²) >= 11 is 0. The Hall–Kier alpha value is -4.07. The highest BCUT2D eigenvalue weighted by molar-refractivity contribution is 5.94. The van der Waals surface area contributed by atoms with Gasteiger partial charge in [0.1, 0.15) is 12.3 Å². The Kier molecular flexibility index (Phi) is 6.71. The summed E-state index contributed by atoms with van der Waals surface area (Å²) in [5, 5.41) is 11.5. The highest BCUT2D eigenvalue weighted by Crippen LogP contribution is 2.32. The number of ether oxygens (including phenoxy) is 2. The van der Waals surface area contributed by atoms with Gasteiger partial charge >= 0.3 is 0 Å². The molecule has 0 aliphatic carbocycles. The quantitative estimate of drug-likeness (QED) is 0.414. The van der Waals surface area contributed by atoms with Gasteiger partial charge in [-0.25, -0.2) is 0 Å². The van der Waals surface area contributed by atoms with Gasteiger partial charge in [-0.2, -0.15) is 0 Å². The summed E-state index contributed by atoms with van der Waals surface area (Å²) in [7, 11) is 3.30. The fourth-order valence-electron chi connectivity index (χ4n) is 3.17. The van der Waals surface area contributed by atoms with Crippen LogP contribution in [0.15, 0.2) is 66.7 Å². The first kappa shape index (κ1) is 21.6. The molecule has 0 radical (unpaired) electrons. The van der Waals surface area contributed by atoms with Gasteiger partial charge in [-0.1, -0.05) is 36.4 Å². The predicted molar refractivity (Wildman–Crippen MR) is 117 cm³/mol. The molecule has 8 heteroatoms. The Morgan fingerprint density at radius 1 is 1.03 bits per heavy atom. The second-order valence-electron chi connectivity index (χ2n) is 6.94. The molecule has 0 fully saturated rings. The molecule has 3 aromatic rings. The first-order valence-electron chi connectivity index (χ1n) is 9.52. The zero-order chi connectivity index (χ0) is 22.4. The molecule has 31 heavy (non-hydrogen) atoms. The number of nitrogens with two attached hydrogens (primary N) is 1. The standard InChI is InChI=1S/C23H23N3O5/c1-25(19-10-9-18(23(24)27)13-20(19)26(28)29)14-17-8-11-21(22(12-17)30-2)31-15-16-6-4-3-5-7-16/h3-13H,14-15H2,1-2H3,(H2,24,27). The van der Waals surface area contributed by atoms with Crippen molar-refractivity contribution in [1.82, 2.24) is 0 Å². The third-order valence-corrected chi connectivity index (χ3v) is 4.75. The van der Waals surface area contributed by atoms with Gasteiger partial charge in [0, 0.05) is 25.2 Å². The van der Waals surface area contributed by atoms with Gasteiger partial charge in [0.2, 0.25) is 5.91 Å². The minimum absolute atomic E-state index is 0.0884. The lowest BCUT2D eigenvalue weighted by Crippen LogP contribution is -2.19. The predicted octanol–water partition coefficient (Wildman–Crippen LogP) is 3.92. The van der Waals surface area contributed by atoms with Crippen LogP contribution in [-0.2, 0) is 13.2 Å². The second-order valence-corrected chi connectivity index (χ2v) is 6.94. The third-order valence-electron chi connectivity index (χ3n) is 4.75. The van der Waals surface area contributed by atoms with Crippen LogP contribution >= 0.6 is 0 Å². The van der Waals surface area contributed by atoms with Crippen molar-refractivity contribution in [3.8, 4) is 11.5 Å². The fourth-order valence-corrected chi connectivity index (χ4v) is 3.17. The molecule has 0 aliphatic rings. The number of hydrogen-bond acceptors (Lipinski definition) is 6. The lowest BCUT2D eigenvalue weighted by molar-refractivity contribution is -0.384. The number of hydrogen-bond donors (Lipinski definition) is 1. The molecule has 1 amide bonds. The van der Waals surface area contributed by atoms with E-state index in [0.29, 0.717) is 30.3 Å². The van der Waals surface area contributed by atoms with Crippen LogP contribution in [0.3, 0.4) is 0 Å². The zero-order valence-electron chi connectivity index (χ0n) is 17.3. The van der Waals surface area contributed by atoms with Crippen LogP contribution in [0.2, 0.25) is 0 Å². The summed E-state index contributed by atoms with van der Waals surface area (Å²) in [6.45, 7) is 0.793. The van der Waals surface area contributed by atoms with Crippen molar-refractivity contribution in [2.75, 3.05) is 19.1 Å². The van der Waals surface area contributed by atoms with E-state index in [2.05, 4.69) is 0 Å². The summed E-state index contributed by atoms with van der Waals surface area (Å²) in [4.78, 5) is 24.0. The van der Waals surface area contributed by atoms with Crippen LogP contribution in [0.25, 0.3) is 0 Å². The van der Waals surface area contributed by atoms with E-state index >= 15 is 0 Å². The largest absolute Gasteiger partial charge is 0.493 e. The van der Waals surface area contributed by atoms with Crippen LogP contribution in [0.5, 0.6) is 11.5 Å². The van der Waals surface area contributed by atoms with Crippen LogP contribution < -0.4 is 20.1 Å². The highest BCUT2D eigenvalue weighted by atomic mass is 16.6. The number of anilines is 1. The van der Waals surface area contributed by atoms with Gasteiger partial charge < -0.3 is 20.1 Å². The molecular weight excluding hydrogens is 398 g/mol. The monoisotopic (exact) mass is 421 g/mol. The molecule has 0 unspecified atom stereocenters. The smallest absolute Gasteiger partial charge is 0.293 e. The van der Waals surface area contributed by atoms with E-state index in [1.807, 2.05) is 48.5 Å². The fraction of sp³-hybridized carbons (Fsp3) is 0.174. The summed E-state index contributed by atoms with van der Waals surface area (Å²) in [6.07, 6.45) is 0. The maximum atomic E-state index is 11.5. The number of primary amides is 1. The van der Waals surface area contributed by atoms with Crippen molar-refractivity contribution in [2.24, 2.45) is 5.73 Å². The van der Waals surface area contributed by atoms with E-state index in [9.17, 15) is 14.9 Å². The normalized spacial score (nSPS) is 10.4. The van der Waals surface area contributed by atoms with E-state index in [-0.39, 0.29) is 11.3 Å². The molecule has 3 rings (SSSR count). The summed E-state index contributed by atoms with van der Waals surface area (Å²) < 4.78 is 11.3. The molecule has 0 atom stereocenters. The van der Waals surface area contributed by atoms with Gasteiger partial charge in [-0.05, 0) is 35.4 Å². The number of nitro groups is 1. The molecule has 8 nitrogen and oxygen atoms in total. The topological polar surface area (TPSA) is 108 Å². The first-order chi connectivity index (χ1) is 14.9. The van der Waals surface area contributed by atoms with Crippen molar-refractivity contribution in [3.05, 3.63) is 93.5 Å². The Morgan fingerprint density at radius 3 is 2.42 bits per heavy atom. The number of methoxy groups -OCH3 is 1. The number of benzene rings is 3. The van der Waals surface area contributed by atoms with E-state index in [1.165, 1.54) is 18.2 Å². The molecule has 0 saturated heterocycles. The van der Waals surface area contributed by atoms with Crippen molar-refractivity contribution in [2.45, 2.75) is 13.2 Å². The lowest BCUT2D eigenvalue weighted by Gasteiger charge is -2.20. The molecular formula is C23H23N3O5. The minimum Gasteiger partial charge on any atom is -0.493 e. The van der Waals surface area contributed by atoms with Gasteiger partial charge in [0.25, 0.3) is 5.69 Å². The van der Waals surface area contributed by atoms with Crippen molar-refractivity contribution < 1.29 is 19.2 Å². The number of nitro benzene ring substituents is 1. The van der Waals surface area contributed by atoms with Crippen LogP contribution in [0, 0.1) is 10.1 Å². The van der Waals surface area contributed by atoms with Crippen LogP contribution in [-0.4, -0.2) is 25.0 Å². The summed E-state index contributed by atoms with van der Waals surface area (Å²) in [5.41, 5.74) is 7.43. The number of amides is 1. The Morgan fingerprint density at radius 2 is 1.77 bits per heavy atom. The second kappa shape index (κ2) is 9.62. The van der Waals surface area contributed by atoms with E-state index < -0.39 is 10.8 Å². The Bertz CT molecular complexity index is 1090. The average molecular weight is 421 g/mol. The Balaban J connectivity index is 1.78. The van der Waals surface area contributed by atoms with Gasteiger partial charge in [0.05, 0.1) is 12.0 Å². The number of rotatable bonds is 9. The number of carbonyl (C=O) groups is 1. The van der Waals surface area contributed by atoms with Gasteiger partial charge in [0.15, 0.2) is 11.5 Å². The van der Waals surface area contributed by atoms with Crippen molar-refractivity contribution in [3.63, 3.8) is 0 Å². The average Bonchev–Trinajstić information content (AvgIpc) is 2.78. The molecule has 0 saturated carbocycles. The van der Waals surface area contributed by atoms with Crippen LogP contribution in [0.4, 0.5) is 11.4 Å². The SMILES string of the molecule is COc1cc(CN(C)c2ccc(C(N)=O)cc2[N+](=O)[O-])ccc1OCc1ccccc1. The molecule has 0 bridgehead atoms. The van der Waals surface area contributed by atoms with Crippen LogP contribution in [0.1, 0.15) is 21.5 Å². The van der Waals surface area contributed by atoms with Crippen molar-refractivity contribution >= 4 is 17.3 Å². The minimum atomic E-state index is -0.715. The van der Waals surface area contributed by atoms with Gasteiger partial charge in [-0.15, -0.1) is 0 Å². The number of nitrogens with zero attached hydrogens (tertiary/aromatic N) is 2. The molecule has 160 valence electrons. The third kappa shape index (κ3) is 5.30. The zero-order valence-corrected chi connectivity index (χ0v) is 17.3. The lowest BCUT2D eigenvalue weighted by atomic mass is 10.1. The summed E-state index contributed by atoms with van der Waals surface area (Å²) in [6, 6.07) is 19.5. The summed E-state index contributed by atoms with van der Waals surface area (Å²) in [5.74, 6) is 0.461.